The van der Waals surface area contributed by atoms with Crippen LogP contribution in [0.25, 0.3) is 0 Å². The first kappa shape index (κ1) is 12.4. The quantitative estimate of drug-likeness (QED) is 0.855. The Labute approximate surface area is 113 Å². The van der Waals surface area contributed by atoms with Gasteiger partial charge in [0.25, 0.3) is 0 Å². The second-order valence-corrected chi connectivity index (χ2v) is 5.23. The van der Waals surface area contributed by atoms with Crippen molar-refractivity contribution in [3.63, 3.8) is 0 Å². The monoisotopic (exact) mass is 259 g/mol. The molecule has 2 aromatic heterocycles. The highest BCUT2D eigenvalue weighted by atomic mass is 15.3. The number of imidazole rings is 1. The molecular formula is C14H21N5. The van der Waals surface area contributed by atoms with E-state index in [1.165, 1.54) is 18.5 Å². The molecular weight excluding hydrogens is 238 g/mol. The van der Waals surface area contributed by atoms with Crippen LogP contribution in [-0.4, -0.2) is 25.4 Å². The van der Waals surface area contributed by atoms with Crippen molar-refractivity contribution in [2.24, 2.45) is 7.05 Å². The van der Waals surface area contributed by atoms with Crippen LogP contribution >= 0.6 is 0 Å². The van der Waals surface area contributed by atoms with Gasteiger partial charge in [0.15, 0.2) is 0 Å². The van der Waals surface area contributed by atoms with Crippen molar-refractivity contribution < 1.29 is 0 Å². The van der Waals surface area contributed by atoms with Crippen molar-refractivity contribution in [3.8, 4) is 0 Å². The highest BCUT2D eigenvalue weighted by Gasteiger charge is 2.20. The minimum absolute atomic E-state index is 0.716. The lowest BCUT2D eigenvalue weighted by molar-refractivity contribution is 0.598. The summed E-state index contributed by atoms with van der Waals surface area (Å²) < 4.78 is 4.17. The van der Waals surface area contributed by atoms with Gasteiger partial charge in [-0.3, -0.25) is 4.68 Å². The molecule has 5 heteroatoms. The number of hydrogen-bond acceptors (Lipinski definition) is 3. The zero-order chi connectivity index (χ0) is 13.2. The number of nitrogens with one attached hydrogen (secondary N) is 1. The minimum Gasteiger partial charge on any atom is -0.328 e. The van der Waals surface area contributed by atoms with Crippen LogP contribution in [-0.2, 0) is 26.6 Å². The maximum Gasteiger partial charge on any atom is 0.123 e. The molecule has 3 rings (SSSR count). The lowest BCUT2D eigenvalue weighted by atomic mass is 10.3. The van der Waals surface area contributed by atoms with Crippen LogP contribution in [0.4, 0.5) is 0 Å². The zero-order valence-corrected chi connectivity index (χ0v) is 11.6. The molecule has 1 aliphatic carbocycles. The third kappa shape index (κ3) is 2.87. The van der Waals surface area contributed by atoms with Crippen molar-refractivity contribution in [2.45, 2.75) is 45.3 Å². The third-order valence-electron chi connectivity index (χ3n) is 3.65. The molecule has 2 aromatic rings. The maximum absolute atomic E-state index is 4.49. The van der Waals surface area contributed by atoms with Crippen LogP contribution in [0.5, 0.6) is 0 Å². The molecule has 0 bridgehead atoms. The highest BCUT2D eigenvalue weighted by Crippen LogP contribution is 2.19. The molecule has 2 heterocycles. The molecule has 5 nitrogen and oxygen atoms in total. The van der Waals surface area contributed by atoms with Crippen LogP contribution < -0.4 is 5.32 Å². The van der Waals surface area contributed by atoms with Crippen LogP contribution in [0.15, 0.2) is 18.5 Å². The van der Waals surface area contributed by atoms with Crippen molar-refractivity contribution in [2.75, 3.05) is 0 Å². The molecule has 0 amide bonds. The van der Waals surface area contributed by atoms with Gasteiger partial charge in [-0.1, -0.05) is 6.92 Å². The van der Waals surface area contributed by atoms with Crippen LogP contribution in [0, 0.1) is 0 Å². The molecule has 0 atom stereocenters. The number of hydrogen-bond donors (Lipinski definition) is 1. The normalized spacial score (nSPS) is 15.1. The summed E-state index contributed by atoms with van der Waals surface area (Å²) in [5, 5.41) is 8.00. The summed E-state index contributed by atoms with van der Waals surface area (Å²) in [4.78, 5) is 4.44. The first-order chi connectivity index (χ1) is 9.26. The molecule has 0 spiro atoms. The van der Waals surface area contributed by atoms with E-state index in [0.717, 1.165) is 31.0 Å². The summed E-state index contributed by atoms with van der Waals surface area (Å²) in [6.07, 6.45) is 7.52. The molecule has 0 aromatic carbocycles. The fraction of sp³-hybridized carbons (Fsp3) is 0.571. The van der Waals surface area contributed by atoms with Crippen LogP contribution in [0.1, 0.15) is 37.0 Å². The first-order valence-corrected chi connectivity index (χ1v) is 7.01. The fourth-order valence-corrected chi connectivity index (χ4v) is 2.24. The minimum atomic E-state index is 0.716. The third-order valence-corrected chi connectivity index (χ3v) is 3.65. The number of aryl methyl sites for hydroxylation is 2. The van der Waals surface area contributed by atoms with Gasteiger partial charge in [-0.25, -0.2) is 4.98 Å². The Balaban J connectivity index is 1.70. The van der Waals surface area contributed by atoms with Gasteiger partial charge < -0.3 is 9.88 Å². The standard InChI is InChI=1S/C14H21N5/c1-3-11-8-13(18(2)17-11)10-19-7-6-15-14(19)9-16-12-4-5-12/h6-8,12,16H,3-5,9-10H2,1-2H3. The van der Waals surface area contributed by atoms with E-state index in [-0.39, 0.29) is 0 Å². The van der Waals surface area contributed by atoms with E-state index in [1.807, 2.05) is 24.1 Å². The Hall–Kier alpha value is -1.62. The van der Waals surface area contributed by atoms with Gasteiger partial charge in [0.05, 0.1) is 24.5 Å². The summed E-state index contributed by atoms with van der Waals surface area (Å²) in [5.41, 5.74) is 2.37. The molecule has 0 unspecified atom stereocenters. The molecule has 0 saturated heterocycles. The summed E-state index contributed by atoms with van der Waals surface area (Å²) in [5.74, 6) is 1.10. The summed E-state index contributed by atoms with van der Waals surface area (Å²) in [6.45, 7) is 3.83. The Morgan fingerprint density at radius 2 is 2.26 bits per heavy atom. The van der Waals surface area contributed by atoms with Crippen LogP contribution in [0.2, 0.25) is 0 Å². The van der Waals surface area contributed by atoms with Gasteiger partial charge in [0, 0.05) is 25.5 Å². The predicted octanol–water partition coefficient (Wildman–Crippen LogP) is 1.48. The van der Waals surface area contributed by atoms with Crippen molar-refractivity contribution in [3.05, 3.63) is 35.7 Å². The molecule has 1 aliphatic rings. The molecule has 1 fully saturated rings. The SMILES string of the molecule is CCc1cc(Cn2ccnc2CNC2CC2)n(C)n1. The zero-order valence-electron chi connectivity index (χ0n) is 11.6. The average molecular weight is 259 g/mol. The molecule has 19 heavy (non-hydrogen) atoms. The van der Waals surface area contributed by atoms with E-state index in [0.29, 0.717) is 6.04 Å². The maximum atomic E-state index is 4.49. The van der Waals surface area contributed by atoms with E-state index in [4.69, 9.17) is 0 Å². The second-order valence-electron chi connectivity index (χ2n) is 5.23. The topological polar surface area (TPSA) is 47.7 Å². The highest BCUT2D eigenvalue weighted by molar-refractivity contribution is 5.11. The molecule has 0 aliphatic heterocycles. The number of aromatic nitrogens is 4. The van der Waals surface area contributed by atoms with E-state index in [1.54, 1.807) is 0 Å². The number of rotatable bonds is 6. The largest absolute Gasteiger partial charge is 0.328 e. The Morgan fingerprint density at radius 1 is 1.42 bits per heavy atom. The predicted molar refractivity (Wildman–Crippen MR) is 73.8 cm³/mol. The van der Waals surface area contributed by atoms with Gasteiger partial charge in [-0.15, -0.1) is 0 Å². The molecule has 0 radical (unpaired) electrons. The van der Waals surface area contributed by atoms with Gasteiger partial charge in [-0.2, -0.15) is 5.10 Å². The molecule has 1 N–H and O–H groups in total. The average Bonchev–Trinajstić information content (AvgIpc) is 3.03. The summed E-state index contributed by atoms with van der Waals surface area (Å²) >= 11 is 0. The Bertz CT molecular complexity index is 550. The van der Waals surface area contributed by atoms with Crippen molar-refractivity contribution >= 4 is 0 Å². The van der Waals surface area contributed by atoms with E-state index in [2.05, 4.69) is 33.0 Å². The smallest absolute Gasteiger partial charge is 0.123 e. The van der Waals surface area contributed by atoms with Gasteiger partial charge >= 0.3 is 0 Å². The lowest BCUT2D eigenvalue weighted by Crippen LogP contribution is -2.19. The van der Waals surface area contributed by atoms with E-state index in [9.17, 15) is 0 Å². The molecule has 102 valence electrons. The lowest BCUT2D eigenvalue weighted by Gasteiger charge is -2.08. The number of nitrogens with zero attached hydrogens (tertiary/aromatic N) is 4. The van der Waals surface area contributed by atoms with Gasteiger partial charge in [-0.05, 0) is 25.3 Å². The second kappa shape index (κ2) is 5.17. The van der Waals surface area contributed by atoms with Gasteiger partial charge in [0.1, 0.15) is 5.82 Å². The Kier molecular flexibility index (Phi) is 3.38. The van der Waals surface area contributed by atoms with Crippen molar-refractivity contribution in [1.82, 2.24) is 24.6 Å². The Morgan fingerprint density at radius 3 is 2.95 bits per heavy atom. The van der Waals surface area contributed by atoms with Gasteiger partial charge in [0.2, 0.25) is 0 Å². The van der Waals surface area contributed by atoms with E-state index < -0.39 is 0 Å². The molecule has 1 saturated carbocycles. The summed E-state index contributed by atoms with van der Waals surface area (Å²) in [6, 6.07) is 2.89. The van der Waals surface area contributed by atoms with Crippen molar-refractivity contribution in [1.29, 1.82) is 0 Å². The van der Waals surface area contributed by atoms with Crippen LogP contribution in [0.3, 0.4) is 0 Å². The van der Waals surface area contributed by atoms with E-state index >= 15 is 0 Å². The fourth-order valence-electron chi connectivity index (χ4n) is 2.24. The first-order valence-electron chi connectivity index (χ1n) is 7.01. The summed E-state index contributed by atoms with van der Waals surface area (Å²) in [7, 11) is 2.01.